The van der Waals surface area contributed by atoms with Crippen molar-refractivity contribution in [3.05, 3.63) is 27.7 Å². The molecule has 0 fully saturated rings. The first-order valence-corrected chi connectivity index (χ1v) is 5.54. The Morgan fingerprint density at radius 1 is 1.47 bits per heavy atom. The third-order valence-corrected chi connectivity index (χ3v) is 2.41. The Morgan fingerprint density at radius 2 is 2.13 bits per heavy atom. The number of aliphatic hydroxyl groups is 2. The molecule has 0 aliphatic rings. The van der Waals surface area contributed by atoms with Crippen molar-refractivity contribution in [3.63, 3.8) is 0 Å². The minimum atomic E-state index is -0.514. The van der Waals surface area contributed by atoms with Crippen molar-refractivity contribution in [1.82, 2.24) is 0 Å². The van der Waals surface area contributed by atoms with E-state index in [9.17, 15) is 0 Å². The maximum Gasteiger partial charge on any atom is 0.127 e. The van der Waals surface area contributed by atoms with Crippen LogP contribution in [0.15, 0.2) is 16.6 Å². The van der Waals surface area contributed by atoms with Gasteiger partial charge in [0.2, 0.25) is 0 Å². The van der Waals surface area contributed by atoms with Crippen LogP contribution in [0.3, 0.4) is 0 Å². The molecule has 4 heteroatoms. The van der Waals surface area contributed by atoms with Gasteiger partial charge in [-0.05, 0) is 31.5 Å². The molecular formula is C11H15BrO3. The first-order chi connectivity index (χ1) is 7.04. The molecule has 1 rings (SSSR count). The molecular weight excluding hydrogens is 260 g/mol. The Kier molecular flexibility index (Phi) is 4.57. The molecule has 0 radical (unpaired) electrons. The largest absolute Gasteiger partial charge is 0.490 e. The van der Waals surface area contributed by atoms with Crippen LogP contribution in [0.4, 0.5) is 0 Å². The zero-order valence-electron chi connectivity index (χ0n) is 8.83. The van der Waals surface area contributed by atoms with Gasteiger partial charge in [-0.25, -0.2) is 0 Å². The van der Waals surface area contributed by atoms with E-state index < -0.39 is 6.10 Å². The second kappa shape index (κ2) is 5.49. The lowest BCUT2D eigenvalue weighted by Gasteiger charge is -2.14. The van der Waals surface area contributed by atoms with Gasteiger partial charge in [0.25, 0.3) is 0 Å². The van der Waals surface area contributed by atoms with Crippen molar-refractivity contribution in [2.24, 2.45) is 0 Å². The third-order valence-electron chi connectivity index (χ3n) is 1.96. The molecule has 0 aliphatic heterocycles. The van der Waals surface area contributed by atoms with Gasteiger partial charge in [0.1, 0.15) is 12.4 Å². The van der Waals surface area contributed by atoms with Crippen LogP contribution in [0.25, 0.3) is 0 Å². The molecule has 0 bridgehead atoms. The molecule has 0 spiro atoms. The van der Waals surface area contributed by atoms with Crippen molar-refractivity contribution in [2.45, 2.75) is 26.6 Å². The summed E-state index contributed by atoms with van der Waals surface area (Å²) in [6.07, 6.45) is -0.514. The van der Waals surface area contributed by atoms with Gasteiger partial charge >= 0.3 is 0 Å². The molecule has 0 saturated carbocycles. The van der Waals surface area contributed by atoms with E-state index in [2.05, 4.69) is 15.9 Å². The van der Waals surface area contributed by atoms with E-state index in [1.807, 2.05) is 19.1 Å². The maximum atomic E-state index is 9.17. The smallest absolute Gasteiger partial charge is 0.127 e. The van der Waals surface area contributed by atoms with Crippen LogP contribution < -0.4 is 4.74 Å². The number of halogens is 1. The summed E-state index contributed by atoms with van der Waals surface area (Å²) in [5, 5.41) is 18.3. The molecule has 0 heterocycles. The number of rotatable bonds is 4. The van der Waals surface area contributed by atoms with E-state index in [0.717, 1.165) is 15.6 Å². The fraction of sp³-hybridized carbons (Fsp3) is 0.455. The van der Waals surface area contributed by atoms with Gasteiger partial charge in [-0.15, -0.1) is 0 Å². The summed E-state index contributed by atoms with van der Waals surface area (Å²) in [4.78, 5) is 0. The third kappa shape index (κ3) is 3.48. The monoisotopic (exact) mass is 274 g/mol. The normalized spacial score (nSPS) is 12.6. The first kappa shape index (κ1) is 12.5. The lowest BCUT2D eigenvalue weighted by Crippen LogP contribution is -2.14. The van der Waals surface area contributed by atoms with E-state index >= 15 is 0 Å². The molecule has 84 valence electrons. The summed E-state index contributed by atoms with van der Waals surface area (Å²) in [6, 6.07) is 3.72. The lowest BCUT2D eigenvalue weighted by atomic mass is 10.1. The molecule has 1 aromatic rings. The highest BCUT2D eigenvalue weighted by atomic mass is 79.9. The Bertz CT molecular complexity index is 337. The number of ether oxygens (including phenoxy) is 1. The van der Waals surface area contributed by atoms with Gasteiger partial charge in [-0.3, -0.25) is 0 Å². The predicted molar refractivity (Wildman–Crippen MR) is 62.0 cm³/mol. The first-order valence-electron chi connectivity index (χ1n) is 4.75. The van der Waals surface area contributed by atoms with Gasteiger partial charge in [0.05, 0.1) is 12.7 Å². The summed E-state index contributed by atoms with van der Waals surface area (Å²) in [7, 11) is 0. The van der Waals surface area contributed by atoms with E-state index in [4.69, 9.17) is 14.9 Å². The van der Waals surface area contributed by atoms with Crippen LogP contribution in [0.1, 0.15) is 18.1 Å². The van der Waals surface area contributed by atoms with Crippen molar-refractivity contribution in [2.75, 3.05) is 6.61 Å². The molecule has 0 saturated heterocycles. The average molecular weight is 275 g/mol. The predicted octanol–water partition coefficient (Wildman–Crippen LogP) is 2.01. The number of hydrogen-bond donors (Lipinski definition) is 2. The van der Waals surface area contributed by atoms with Crippen LogP contribution in [0.2, 0.25) is 0 Å². The summed E-state index contributed by atoms with van der Waals surface area (Å²) in [6.45, 7) is 3.72. The van der Waals surface area contributed by atoms with E-state index in [1.165, 1.54) is 0 Å². The molecule has 15 heavy (non-hydrogen) atoms. The number of benzene rings is 1. The Labute approximate surface area is 97.8 Å². The average Bonchev–Trinajstić information content (AvgIpc) is 2.14. The van der Waals surface area contributed by atoms with Gasteiger partial charge in [-0.2, -0.15) is 0 Å². The Morgan fingerprint density at radius 3 is 2.67 bits per heavy atom. The molecule has 0 aliphatic carbocycles. The molecule has 1 atom stereocenters. The van der Waals surface area contributed by atoms with Crippen molar-refractivity contribution >= 4 is 15.9 Å². The second-order valence-electron chi connectivity index (χ2n) is 3.53. The van der Waals surface area contributed by atoms with Crippen LogP contribution in [-0.2, 0) is 6.61 Å². The summed E-state index contributed by atoms with van der Waals surface area (Å²) < 4.78 is 6.35. The summed E-state index contributed by atoms with van der Waals surface area (Å²) in [5.74, 6) is 0.654. The number of aliphatic hydroxyl groups excluding tert-OH is 2. The minimum Gasteiger partial charge on any atom is -0.490 e. The maximum absolute atomic E-state index is 9.17. The molecule has 1 unspecified atom stereocenters. The quantitative estimate of drug-likeness (QED) is 0.883. The Hall–Kier alpha value is -0.580. The van der Waals surface area contributed by atoms with E-state index in [-0.39, 0.29) is 13.2 Å². The molecule has 1 aromatic carbocycles. The highest BCUT2D eigenvalue weighted by Gasteiger charge is 2.09. The van der Waals surface area contributed by atoms with Crippen LogP contribution in [0.5, 0.6) is 5.75 Å². The van der Waals surface area contributed by atoms with Crippen molar-refractivity contribution in [3.8, 4) is 5.75 Å². The fourth-order valence-corrected chi connectivity index (χ4v) is 1.95. The number of hydrogen-bond acceptors (Lipinski definition) is 3. The molecule has 2 N–H and O–H groups in total. The van der Waals surface area contributed by atoms with E-state index in [1.54, 1.807) is 6.92 Å². The fourth-order valence-electron chi connectivity index (χ4n) is 1.33. The SMILES string of the molecule is Cc1cc(Br)cc(CO)c1OCC(C)O. The molecule has 3 nitrogen and oxygen atoms in total. The summed E-state index contributed by atoms with van der Waals surface area (Å²) in [5.41, 5.74) is 1.66. The Balaban J connectivity index is 2.93. The highest BCUT2D eigenvalue weighted by molar-refractivity contribution is 9.10. The lowest BCUT2D eigenvalue weighted by molar-refractivity contribution is 0.120. The zero-order valence-corrected chi connectivity index (χ0v) is 10.4. The van der Waals surface area contributed by atoms with Gasteiger partial charge < -0.3 is 14.9 Å². The van der Waals surface area contributed by atoms with Gasteiger partial charge in [-0.1, -0.05) is 15.9 Å². The second-order valence-corrected chi connectivity index (χ2v) is 4.44. The highest BCUT2D eigenvalue weighted by Crippen LogP contribution is 2.28. The van der Waals surface area contributed by atoms with Crippen LogP contribution in [0, 0.1) is 6.92 Å². The zero-order chi connectivity index (χ0) is 11.4. The van der Waals surface area contributed by atoms with Crippen molar-refractivity contribution in [1.29, 1.82) is 0 Å². The van der Waals surface area contributed by atoms with E-state index in [0.29, 0.717) is 5.75 Å². The van der Waals surface area contributed by atoms with Gasteiger partial charge in [0.15, 0.2) is 0 Å². The number of aryl methyl sites for hydroxylation is 1. The molecule has 0 amide bonds. The minimum absolute atomic E-state index is 0.0740. The summed E-state index contributed by atoms with van der Waals surface area (Å²) >= 11 is 3.35. The topological polar surface area (TPSA) is 49.7 Å². The molecule has 0 aromatic heterocycles. The van der Waals surface area contributed by atoms with Crippen molar-refractivity contribution < 1.29 is 14.9 Å². The van der Waals surface area contributed by atoms with Crippen LogP contribution in [-0.4, -0.2) is 22.9 Å². The standard InChI is InChI=1S/C11H15BrO3/c1-7-3-10(12)4-9(5-13)11(7)15-6-8(2)14/h3-4,8,13-14H,5-6H2,1-2H3. The van der Waals surface area contributed by atoms with Crippen LogP contribution >= 0.6 is 15.9 Å². The van der Waals surface area contributed by atoms with Gasteiger partial charge in [0, 0.05) is 10.0 Å².